The second-order valence-electron chi connectivity index (χ2n) is 3.39. The molecule has 1 rings (SSSR count). The molecule has 0 aromatic heterocycles. The maximum atomic E-state index is 11.0. The zero-order valence-corrected chi connectivity index (χ0v) is 6.55. The highest BCUT2D eigenvalue weighted by Crippen LogP contribution is 2.33. The highest BCUT2D eigenvalue weighted by atomic mass is 16.3. The molecule has 64 valence electrons. The van der Waals surface area contributed by atoms with Crippen LogP contribution >= 0.6 is 0 Å². The Bertz CT molecular complexity index is 149. The van der Waals surface area contributed by atoms with Crippen LogP contribution in [-0.4, -0.2) is 29.2 Å². The zero-order chi connectivity index (χ0) is 8.32. The molecule has 11 heavy (non-hydrogen) atoms. The van der Waals surface area contributed by atoms with Crippen molar-refractivity contribution in [2.45, 2.75) is 25.7 Å². The standard InChI is InChI=1S/C8H14O3/c9-5-8(6-10)3-1-2-7(11)4-8/h9-10H,1-6H2. The summed E-state index contributed by atoms with van der Waals surface area (Å²) in [5.74, 6) is 0.166. The van der Waals surface area contributed by atoms with Crippen molar-refractivity contribution in [2.24, 2.45) is 5.41 Å². The van der Waals surface area contributed by atoms with Crippen molar-refractivity contribution >= 4 is 5.78 Å². The number of hydrogen-bond donors (Lipinski definition) is 2. The van der Waals surface area contributed by atoms with Gasteiger partial charge in [0.25, 0.3) is 0 Å². The number of hydrogen-bond acceptors (Lipinski definition) is 3. The van der Waals surface area contributed by atoms with Gasteiger partial charge in [-0.25, -0.2) is 0 Å². The van der Waals surface area contributed by atoms with E-state index in [-0.39, 0.29) is 19.0 Å². The molecule has 0 spiro atoms. The van der Waals surface area contributed by atoms with E-state index in [0.717, 1.165) is 12.8 Å². The van der Waals surface area contributed by atoms with Gasteiger partial charge in [0.15, 0.2) is 0 Å². The molecule has 0 radical (unpaired) electrons. The maximum Gasteiger partial charge on any atom is 0.133 e. The lowest BCUT2D eigenvalue weighted by Gasteiger charge is -2.32. The number of carbonyl (C=O) groups is 1. The van der Waals surface area contributed by atoms with Crippen LogP contribution in [0.5, 0.6) is 0 Å². The fourth-order valence-corrected chi connectivity index (χ4v) is 1.58. The summed E-state index contributed by atoms with van der Waals surface area (Å²) >= 11 is 0. The SMILES string of the molecule is O=C1CCCC(CO)(CO)C1. The quantitative estimate of drug-likeness (QED) is 0.599. The van der Waals surface area contributed by atoms with Crippen LogP contribution in [0, 0.1) is 5.41 Å². The molecule has 1 aliphatic carbocycles. The Morgan fingerprint density at radius 2 is 2.00 bits per heavy atom. The molecule has 0 saturated heterocycles. The molecule has 0 atom stereocenters. The number of aliphatic hydroxyl groups is 2. The number of carbonyl (C=O) groups excluding carboxylic acids is 1. The topological polar surface area (TPSA) is 57.5 Å². The maximum absolute atomic E-state index is 11.0. The van der Waals surface area contributed by atoms with Gasteiger partial charge in [0.05, 0.1) is 13.2 Å². The minimum Gasteiger partial charge on any atom is -0.396 e. The lowest BCUT2D eigenvalue weighted by Crippen LogP contribution is -2.35. The van der Waals surface area contributed by atoms with Crippen LogP contribution in [0.4, 0.5) is 0 Å². The summed E-state index contributed by atoms with van der Waals surface area (Å²) in [6.45, 7) is -0.148. The van der Waals surface area contributed by atoms with Crippen molar-refractivity contribution in [1.29, 1.82) is 0 Å². The highest BCUT2D eigenvalue weighted by molar-refractivity contribution is 5.79. The Labute approximate surface area is 66.0 Å². The predicted octanol–water partition coefficient (Wildman–Crippen LogP) is 0.101. The Hall–Kier alpha value is -0.410. The molecule has 1 aliphatic rings. The predicted molar refractivity (Wildman–Crippen MR) is 40.1 cm³/mol. The first kappa shape index (κ1) is 8.68. The second-order valence-corrected chi connectivity index (χ2v) is 3.39. The van der Waals surface area contributed by atoms with Gasteiger partial charge in [-0.3, -0.25) is 4.79 Å². The third-order valence-electron chi connectivity index (χ3n) is 2.41. The number of ketones is 1. The lowest BCUT2D eigenvalue weighted by atomic mass is 9.75. The monoisotopic (exact) mass is 158 g/mol. The Balaban J connectivity index is 2.59. The van der Waals surface area contributed by atoms with Crippen molar-refractivity contribution in [2.75, 3.05) is 13.2 Å². The number of rotatable bonds is 2. The summed E-state index contributed by atoms with van der Waals surface area (Å²) in [5, 5.41) is 17.9. The molecule has 0 bridgehead atoms. The van der Waals surface area contributed by atoms with Crippen molar-refractivity contribution < 1.29 is 15.0 Å². The van der Waals surface area contributed by atoms with Crippen LogP contribution in [0.25, 0.3) is 0 Å². The van der Waals surface area contributed by atoms with Gasteiger partial charge in [-0.1, -0.05) is 0 Å². The van der Waals surface area contributed by atoms with Gasteiger partial charge in [-0.15, -0.1) is 0 Å². The molecule has 0 amide bonds. The highest BCUT2D eigenvalue weighted by Gasteiger charge is 2.34. The minimum absolute atomic E-state index is 0.0742. The lowest BCUT2D eigenvalue weighted by molar-refractivity contribution is -0.126. The van der Waals surface area contributed by atoms with E-state index in [1.807, 2.05) is 0 Å². The second kappa shape index (κ2) is 3.32. The number of aliphatic hydroxyl groups excluding tert-OH is 2. The smallest absolute Gasteiger partial charge is 0.133 e. The Morgan fingerprint density at radius 3 is 2.36 bits per heavy atom. The fraction of sp³-hybridized carbons (Fsp3) is 0.875. The van der Waals surface area contributed by atoms with Gasteiger partial charge in [-0.2, -0.15) is 0 Å². The van der Waals surface area contributed by atoms with E-state index in [2.05, 4.69) is 0 Å². The van der Waals surface area contributed by atoms with Crippen molar-refractivity contribution in [3.63, 3.8) is 0 Å². The third-order valence-corrected chi connectivity index (χ3v) is 2.41. The largest absolute Gasteiger partial charge is 0.396 e. The van der Waals surface area contributed by atoms with Crippen LogP contribution in [0.2, 0.25) is 0 Å². The van der Waals surface area contributed by atoms with Crippen LogP contribution < -0.4 is 0 Å². The van der Waals surface area contributed by atoms with E-state index in [4.69, 9.17) is 10.2 Å². The van der Waals surface area contributed by atoms with Crippen molar-refractivity contribution in [1.82, 2.24) is 0 Å². The first-order valence-corrected chi connectivity index (χ1v) is 3.96. The van der Waals surface area contributed by atoms with Crippen molar-refractivity contribution in [3.8, 4) is 0 Å². The molecule has 0 aliphatic heterocycles. The van der Waals surface area contributed by atoms with Crippen LogP contribution in [0.1, 0.15) is 25.7 Å². The summed E-state index contributed by atoms with van der Waals surface area (Å²) in [6.07, 6.45) is 2.54. The van der Waals surface area contributed by atoms with Crippen molar-refractivity contribution in [3.05, 3.63) is 0 Å². The summed E-state index contributed by atoms with van der Waals surface area (Å²) in [4.78, 5) is 11.0. The molecule has 0 aromatic carbocycles. The zero-order valence-electron chi connectivity index (χ0n) is 6.55. The summed E-state index contributed by atoms with van der Waals surface area (Å²) in [7, 11) is 0. The van der Waals surface area contributed by atoms with Gasteiger partial charge >= 0.3 is 0 Å². The Kier molecular flexibility index (Phi) is 2.62. The van der Waals surface area contributed by atoms with Gasteiger partial charge in [0, 0.05) is 18.3 Å². The molecular formula is C8H14O3. The molecule has 3 nitrogen and oxygen atoms in total. The van der Waals surface area contributed by atoms with E-state index < -0.39 is 5.41 Å². The summed E-state index contributed by atoms with van der Waals surface area (Å²) in [6, 6.07) is 0. The average Bonchev–Trinajstić information content (AvgIpc) is 2.04. The van der Waals surface area contributed by atoms with Crippen LogP contribution in [-0.2, 0) is 4.79 Å². The van der Waals surface area contributed by atoms with Crippen LogP contribution in [0.3, 0.4) is 0 Å². The van der Waals surface area contributed by atoms with E-state index in [9.17, 15) is 4.79 Å². The normalized spacial score (nSPS) is 23.6. The first-order chi connectivity index (χ1) is 5.22. The van der Waals surface area contributed by atoms with E-state index in [0.29, 0.717) is 12.8 Å². The van der Waals surface area contributed by atoms with E-state index >= 15 is 0 Å². The molecule has 2 N–H and O–H groups in total. The molecule has 1 fully saturated rings. The molecule has 3 heteroatoms. The first-order valence-electron chi connectivity index (χ1n) is 3.96. The Morgan fingerprint density at radius 1 is 1.36 bits per heavy atom. The van der Waals surface area contributed by atoms with Gasteiger partial charge in [0.1, 0.15) is 5.78 Å². The molecule has 0 aromatic rings. The fourth-order valence-electron chi connectivity index (χ4n) is 1.58. The van der Waals surface area contributed by atoms with Gasteiger partial charge in [-0.05, 0) is 12.8 Å². The van der Waals surface area contributed by atoms with E-state index in [1.54, 1.807) is 0 Å². The van der Waals surface area contributed by atoms with Gasteiger partial charge < -0.3 is 10.2 Å². The molecule has 1 saturated carbocycles. The van der Waals surface area contributed by atoms with Gasteiger partial charge in [0.2, 0.25) is 0 Å². The minimum atomic E-state index is -0.505. The third kappa shape index (κ3) is 1.79. The van der Waals surface area contributed by atoms with E-state index in [1.165, 1.54) is 0 Å². The average molecular weight is 158 g/mol. The molecule has 0 unspecified atom stereocenters. The van der Waals surface area contributed by atoms with Crippen LogP contribution in [0.15, 0.2) is 0 Å². The summed E-state index contributed by atoms with van der Waals surface area (Å²) in [5.41, 5.74) is -0.505. The molecular weight excluding hydrogens is 144 g/mol. The molecule has 0 heterocycles. The summed E-state index contributed by atoms with van der Waals surface area (Å²) < 4.78 is 0. The number of Topliss-reactive ketones (excluding diaryl/α,β-unsaturated/α-hetero) is 1.